The van der Waals surface area contributed by atoms with E-state index in [-0.39, 0.29) is 5.75 Å². The molecule has 0 unspecified atom stereocenters. The zero-order valence-corrected chi connectivity index (χ0v) is 7.80. The molecule has 0 aliphatic carbocycles. The molecule has 13 heavy (non-hydrogen) atoms. The van der Waals surface area contributed by atoms with E-state index >= 15 is 0 Å². The average molecular weight is 200 g/mol. The predicted octanol–water partition coefficient (Wildman–Crippen LogP) is 2.09. The van der Waals surface area contributed by atoms with Gasteiger partial charge in [0.1, 0.15) is 5.75 Å². The van der Waals surface area contributed by atoms with Crippen LogP contribution in [-0.4, -0.2) is 13.1 Å². The summed E-state index contributed by atoms with van der Waals surface area (Å²) in [5, 5.41) is 0.345. The number of esters is 1. The van der Waals surface area contributed by atoms with Gasteiger partial charge >= 0.3 is 5.97 Å². The van der Waals surface area contributed by atoms with Gasteiger partial charge in [-0.15, -0.1) is 0 Å². The van der Waals surface area contributed by atoms with Crippen LogP contribution in [0.3, 0.4) is 0 Å². The first-order valence-electron chi connectivity index (χ1n) is 3.51. The van der Waals surface area contributed by atoms with Crippen LogP contribution < -0.4 is 9.47 Å². The van der Waals surface area contributed by atoms with E-state index in [1.54, 1.807) is 12.1 Å². The lowest BCUT2D eigenvalue weighted by molar-refractivity contribution is -0.129. The van der Waals surface area contributed by atoms with Crippen LogP contribution in [-0.2, 0) is 4.79 Å². The summed E-state index contributed by atoms with van der Waals surface area (Å²) in [6.07, 6.45) is 0. The monoisotopic (exact) mass is 199 g/mol. The second-order valence-electron chi connectivity index (χ2n) is 2.27. The van der Waals surface area contributed by atoms with Crippen LogP contribution in [0.2, 0.25) is 5.02 Å². The summed E-state index contributed by atoms with van der Waals surface area (Å²) in [4.78, 5) is 10.5. The van der Waals surface area contributed by atoms with E-state index in [2.05, 4.69) is 6.92 Å². The molecule has 1 rings (SSSR count). The zero-order chi connectivity index (χ0) is 9.84. The van der Waals surface area contributed by atoms with Crippen molar-refractivity contribution in [2.45, 2.75) is 0 Å². The van der Waals surface area contributed by atoms with Gasteiger partial charge in [0.15, 0.2) is 5.75 Å². The average Bonchev–Trinajstić information content (AvgIpc) is 2.08. The van der Waals surface area contributed by atoms with E-state index in [9.17, 15) is 4.79 Å². The van der Waals surface area contributed by atoms with Crippen LogP contribution in [0.15, 0.2) is 18.2 Å². The van der Waals surface area contributed by atoms with Gasteiger partial charge in [-0.05, 0) is 12.1 Å². The fraction of sp³-hybridized carbons (Fsp3) is 0.111. The number of methoxy groups -OCH3 is 1. The Hall–Kier alpha value is -1.22. The standard InChI is InChI=1S/C9H8ClO3/c1-6(11)13-9-5-7(12-2)3-4-8(9)10/h3-5H,1H2,2H3. The Labute approximate surface area is 81.2 Å². The summed E-state index contributed by atoms with van der Waals surface area (Å²) in [5.74, 6) is 0.164. The summed E-state index contributed by atoms with van der Waals surface area (Å²) in [7, 11) is 1.51. The second kappa shape index (κ2) is 4.14. The number of hydrogen-bond acceptors (Lipinski definition) is 3. The number of carbonyl (C=O) groups is 1. The van der Waals surface area contributed by atoms with Gasteiger partial charge in [0.25, 0.3) is 0 Å². The maximum atomic E-state index is 10.5. The molecule has 0 heterocycles. The molecule has 0 amide bonds. The summed E-state index contributed by atoms with van der Waals surface area (Å²) in [6, 6.07) is 4.77. The van der Waals surface area contributed by atoms with Gasteiger partial charge in [-0.2, -0.15) is 0 Å². The Balaban J connectivity index is 2.96. The normalized spacial score (nSPS) is 9.46. The topological polar surface area (TPSA) is 35.5 Å². The van der Waals surface area contributed by atoms with Crippen LogP contribution in [0.4, 0.5) is 0 Å². The Morgan fingerprint density at radius 3 is 2.77 bits per heavy atom. The SMILES string of the molecule is [CH2]C(=O)Oc1cc(OC)ccc1Cl. The van der Waals surface area contributed by atoms with Crippen molar-refractivity contribution in [1.29, 1.82) is 0 Å². The molecule has 0 spiro atoms. The minimum absolute atomic E-state index is 0.251. The maximum absolute atomic E-state index is 10.5. The van der Waals surface area contributed by atoms with E-state index in [1.165, 1.54) is 13.2 Å². The molecule has 1 aromatic carbocycles. The van der Waals surface area contributed by atoms with E-state index in [4.69, 9.17) is 21.1 Å². The molecule has 0 atom stereocenters. The first-order chi connectivity index (χ1) is 6.13. The van der Waals surface area contributed by atoms with Crippen LogP contribution in [0, 0.1) is 6.92 Å². The van der Waals surface area contributed by atoms with Gasteiger partial charge in [-0.25, -0.2) is 0 Å². The summed E-state index contributed by atoms with van der Waals surface area (Å²) in [5.41, 5.74) is 0. The van der Waals surface area contributed by atoms with Crippen LogP contribution in [0.5, 0.6) is 11.5 Å². The van der Waals surface area contributed by atoms with Crippen LogP contribution in [0.1, 0.15) is 0 Å². The van der Waals surface area contributed by atoms with Gasteiger partial charge in [0, 0.05) is 6.07 Å². The minimum atomic E-state index is -0.657. The smallest absolute Gasteiger partial charge is 0.311 e. The first kappa shape index (κ1) is 9.86. The second-order valence-corrected chi connectivity index (χ2v) is 2.68. The molecule has 0 aliphatic heterocycles. The highest BCUT2D eigenvalue weighted by Crippen LogP contribution is 2.28. The first-order valence-corrected chi connectivity index (χ1v) is 3.88. The van der Waals surface area contributed by atoms with Crippen molar-refractivity contribution in [2.24, 2.45) is 0 Å². The van der Waals surface area contributed by atoms with Crippen molar-refractivity contribution in [2.75, 3.05) is 7.11 Å². The van der Waals surface area contributed by atoms with Gasteiger partial charge < -0.3 is 9.47 Å². The van der Waals surface area contributed by atoms with Crippen LogP contribution in [0.25, 0.3) is 0 Å². The van der Waals surface area contributed by atoms with Crippen molar-refractivity contribution in [3.05, 3.63) is 30.1 Å². The number of benzene rings is 1. The van der Waals surface area contributed by atoms with E-state index in [1.807, 2.05) is 0 Å². The van der Waals surface area contributed by atoms with Crippen LogP contribution >= 0.6 is 11.6 Å². The van der Waals surface area contributed by atoms with Gasteiger partial charge in [-0.3, -0.25) is 4.79 Å². The van der Waals surface area contributed by atoms with Gasteiger partial charge in [0.05, 0.1) is 19.1 Å². The van der Waals surface area contributed by atoms with Crippen molar-refractivity contribution in [3.63, 3.8) is 0 Å². The Kier molecular flexibility index (Phi) is 3.14. The Bertz CT molecular complexity index is 323. The Morgan fingerprint density at radius 1 is 1.54 bits per heavy atom. The Morgan fingerprint density at radius 2 is 2.23 bits per heavy atom. The van der Waals surface area contributed by atoms with Crippen molar-refractivity contribution in [1.82, 2.24) is 0 Å². The lowest BCUT2D eigenvalue weighted by atomic mass is 10.3. The lowest BCUT2D eigenvalue weighted by Crippen LogP contribution is -2.02. The third kappa shape index (κ3) is 2.63. The summed E-state index contributed by atoms with van der Waals surface area (Å²) in [6.45, 7) is 3.07. The molecule has 0 saturated heterocycles. The number of carbonyl (C=O) groups excluding carboxylic acids is 1. The number of rotatable bonds is 2. The molecule has 0 fully saturated rings. The maximum Gasteiger partial charge on any atom is 0.311 e. The molecule has 0 saturated carbocycles. The number of hydrogen-bond donors (Lipinski definition) is 0. The fourth-order valence-electron chi connectivity index (χ4n) is 0.812. The largest absolute Gasteiger partial charge is 0.497 e. The molecule has 1 radical (unpaired) electrons. The van der Waals surface area contributed by atoms with E-state index < -0.39 is 5.97 Å². The molecule has 3 nitrogen and oxygen atoms in total. The van der Waals surface area contributed by atoms with Crippen molar-refractivity contribution >= 4 is 17.6 Å². The minimum Gasteiger partial charge on any atom is -0.497 e. The number of halogens is 1. The van der Waals surface area contributed by atoms with Crippen molar-refractivity contribution < 1.29 is 14.3 Å². The molecule has 4 heteroatoms. The highest BCUT2D eigenvalue weighted by molar-refractivity contribution is 6.32. The molecule has 0 aromatic heterocycles. The zero-order valence-electron chi connectivity index (χ0n) is 7.04. The highest BCUT2D eigenvalue weighted by Gasteiger charge is 2.05. The molecule has 69 valence electrons. The third-order valence-corrected chi connectivity index (χ3v) is 1.67. The molecule has 0 N–H and O–H groups in total. The molecule has 0 bridgehead atoms. The predicted molar refractivity (Wildman–Crippen MR) is 49.0 cm³/mol. The number of ether oxygens (including phenoxy) is 2. The molecule has 0 aliphatic rings. The van der Waals surface area contributed by atoms with E-state index in [0.29, 0.717) is 10.8 Å². The summed E-state index contributed by atoms with van der Waals surface area (Å²) >= 11 is 5.74. The van der Waals surface area contributed by atoms with Gasteiger partial charge in [0.2, 0.25) is 0 Å². The lowest BCUT2D eigenvalue weighted by Gasteiger charge is -2.05. The highest BCUT2D eigenvalue weighted by atomic mass is 35.5. The summed E-state index contributed by atoms with van der Waals surface area (Å²) < 4.78 is 9.65. The quantitative estimate of drug-likeness (QED) is 0.541. The van der Waals surface area contributed by atoms with Crippen molar-refractivity contribution in [3.8, 4) is 11.5 Å². The third-order valence-electron chi connectivity index (χ3n) is 1.36. The van der Waals surface area contributed by atoms with E-state index in [0.717, 1.165) is 0 Å². The molecular weight excluding hydrogens is 192 g/mol. The molecular formula is C9H8ClO3. The van der Waals surface area contributed by atoms with Gasteiger partial charge in [-0.1, -0.05) is 11.6 Å². The molecule has 1 aromatic rings. The fourth-order valence-corrected chi connectivity index (χ4v) is 0.968.